The SMILES string of the molecule is CC(C)Oc1ccc(CCC(C)(C)N)cc1Cl. The van der Waals surface area contributed by atoms with Crippen LogP contribution in [0.1, 0.15) is 39.7 Å². The zero-order valence-electron chi connectivity index (χ0n) is 11.1. The molecule has 0 saturated carbocycles. The lowest BCUT2D eigenvalue weighted by Gasteiger charge is -2.18. The largest absolute Gasteiger partial charge is 0.489 e. The smallest absolute Gasteiger partial charge is 0.138 e. The number of rotatable bonds is 5. The summed E-state index contributed by atoms with van der Waals surface area (Å²) in [6, 6.07) is 5.95. The molecule has 0 heterocycles. The van der Waals surface area contributed by atoms with Gasteiger partial charge in [0.05, 0.1) is 11.1 Å². The summed E-state index contributed by atoms with van der Waals surface area (Å²) in [5.74, 6) is 0.748. The van der Waals surface area contributed by atoms with Gasteiger partial charge in [-0.2, -0.15) is 0 Å². The fourth-order valence-corrected chi connectivity index (χ4v) is 1.76. The molecule has 1 aromatic carbocycles. The van der Waals surface area contributed by atoms with Crippen molar-refractivity contribution in [1.82, 2.24) is 0 Å². The molecule has 0 unspecified atom stereocenters. The van der Waals surface area contributed by atoms with E-state index in [4.69, 9.17) is 22.1 Å². The van der Waals surface area contributed by atoms with Crippen LogP contribution in [-0.2, 0) is 6.42 Å². The minimum Gasteiger partial charge on any atom is -0.489 e. The molecule has 0 aliphatic carbocycles. The third kappa shape index (κ3) is 5.42. The van der Waals surface area contributed by atoms with Gasteiger partial charge in [0.1, 0.15) is 5.75 Å². The van der Waals surface area contributed by atoms with Crippen molar-refractivity contribution < 1.29 is 4.74 Å². The Balaban J connectivity index is 2.68. The Morgan fingerprint density at radius 3 is 2.47 bits per heavy atom. The zero-order valence-corrected chi connectivity index (χ0v) is 11.8. The molecule has 0 aromatic heterocycles. The number of hydrogen-bond acceptors (Lipinski definition) is 2. The lowest BCUT2D eigenvalue weighted by atomic mass is 9.96. The maximum atomic E-state index is 6.17. The van der Waals surface area contributed by atoms with E-state index in [1.807, 2.05) is 39.8 Å². The molecule has 0 saturated heterocycles. The molecule has 0 radical (unpaired) electrons. The van der Waals surface area contributed by atoms with Crippen molar-refractivity contribution in [2.75, 3.05) is 0 Å². The van der Waals surface area contributed by atoms with E-state index in [-0.39, 0.29) is 11.6 Å². The highest BCUT2D eigenvalue weighted by molar-refractivity contribution is 6.32. The lowest BCUT2D eigenvalue weighted by Crippen LogP contribution is -2.32. The van der Waals surface area contributed by atoms with Gasteiger partial charge in [0, 0.05) is 5.54 Å². The molecule has 0 bridgehead atoms. The normalized spacial score (nSPS) is 11.9. The van der Waals surface area contributed by atoms with Gasteiger partial charge in [0.2, 0.25) is 0 Å². The first-order chi connectivity index (χ1) is 7.78. The van der Waals surface area contributed by atoms with E-state index in [0.717, 1.165) is 18.6 Å². The van der Waals surface area contributed by atoms with Crippen LogP contribution in [0.25, 0.3) is 0 Å². The minimum atomic E-state index is -0.139. The average Bonchev–Trinajstić information content (AvgIpc) is 2.17. The summed E-state index contributed by atoms with van der Waals surface area (Å²) in [5.41, 5.74) is 7.02. The molecule has 3 heteroatoms. The fraction of sp³-hybridized carbons (Fsp3) is 0.571. The Bertz CT molecular complexity index is 369. The quantitative estimate of drug-likeness (QED) is 0.869. The Labute approximate surface area is 109 Å². The Morgan fingerprint density at radius 1 is 1.35 bits per heavy atom. The number of ether oxygens (including phenoxy) is 1. The third-order valence-corrected chi connectivity index (χ3v) is 2.71. The van der Waals surface area contributed by atoms with Crippen molar-refractivity contribution in [2.45, 2.75) is 52.2 Å². The molecular formula is C14H22ClNO. The first-order valence-electron chi connectivity index (χ1n) is 6.02. The highest BCUT2D eigenvalue weighted by Gasteiger charge is 2.11. The summed E-state index contributed by atoms with van der Waals surface area (Å²) >= 11 is 6.17. The molecule has 17 heavy (non-hydrogen) atoms. The molecule has 0 fully saturated rings. The first kappa shape index (κ1) is 14.3. The minimum absolute atomic E-state index is 0.139. The van der Waals surface area contributed by atoms with Gasteiger partial charge < -0.3 is 10.5 Å². The highest BCUT2D eigenvalue weighted by atomic mass is 35.5. The molecule has 0 atom stereocenters. The van der Waals surface area contributed by atoms with Crippen LogP contribution in [-0.4, -0.2) is 11.6 Å². The van der Waals surface area contributed by atoms with Gasteiger partial charge in [0.25, 0.3) is 0 Å². The van der Waals surface area contributed by atoms with Gasteiger partial charge in [-0.05, 0) is 58.2 Å². The van der Waals surface area contributed by atoms with E-state index in [0.29, 0.717) is 5.02 Å². The molecule has 0 amide bonds. The van der Waals surface area contributed by atoms with E-state index in [2.05, 4.69) is 6.07 Å². The molecular weight excluding hydrogens is 234 g/mol. The van der Waals surface area contributed by atoms with Crippen molar-refractivity contribution in [3.8, 4) is 5.75 Å². The van der Waals surface area contributed by atoms with Crippen LogP contribution in [0.2, 0.25) is 5.02 Å². The van der Waals surface area contributed by atoms with Crippen LogP contribution < -0.4 is 10.5 Å². The Hall–Kier alpha value is -0.730. The summed E-state index contributed by atoms with van der Waals surface area (Å²) in [5, 5.41) is 0.672. The first-order valence-corrected chi connectivity index (χ1v) is 6.40. The number of halogens is 1. The third-order valence-electron chi connectivity index (χ3n) is 2.42. The van der Waals surface area contributed by atoms with E-state index < -0.39 is 0 Å². The number of hydrogen-bond donors (Lipinski definition) is 1. The predicted molar refractivity (Wildman–Crippen MR) is 73.8 cm³/mol. The number of aryl methyl sites for hydroxylation is 1. The molecule has 2 N–H and O–H groups in total. The molecule has 1 aromatic rings. The Morgan fingerprint density at radius 2 is 2.00 bits per heavy atom. The maximum absolute atomic E-state index is 6.17. The summed E-state index contributed by atoms with van der Waals surface area (Å²) in [4.78, 5) is 0. The van der Waals surface area contributed by atoms with Gasteiger partial charge >= 0.3 is 0 Å². The van der Waals surface area contributed by atoms with Gasteiger partial charge in [-0.25, -0.2) is 0 Å². The Kier molecular flexibility index (Phi) is 4.84. The maximum Gasteiger partial charge on any atom is 0.138 e. The van der Waals surface area contributed by atoms with Crippen LogP contribution in [0.5, 0.6) is 5.75 Å². The molecule has 0 aliphatic heterocycles. The molecule has 1 rings (SSSR count). The van der Waals surface area contributed by atoms with Crippen LogP contribution in [0.15, 0.2) is 18.2 Å². The summed E-state index contributed by atoms with van der Waals surface area (Å²) < 4.78 is 5.59. The van der Waals surface area contributed by atoms with Gasteiger partial charge in [-0.3, -0.25) is 0 Å². The average molecular weight is 256 g/mol. The van der Waals surface area contributed by atoms with Crippen molar-refractivity contribution in [2.24, 2.45) is 5.73 Å². The van der Waals surface area contributed by atoms with E-state index in [1.54, 1.807) is 0 Å². The molecule has 0 aliphatic rings. The zero-order chi connectivity index (χ0) is 13.1. The van der Waals surface area contributed by atoms with Crippen molar-refractivity contribution in [1.29, 1.82) is 0 Å². The van der Waals surface area contributed by atoms with Crippen molar-refractivity contribution >= 4 is 11.6 Å². The second-order valence-electron chi connectivity index (χ2n) is 5.42. The second-order valence-corrected chi connectivity index (χ2v) is 5.83. The predicted octanol–water partition coefficient (Wildman–Crippen LogP) is 3.80. The van der Waals surface area contributed by atoms with Gasteiger partial charge in [-0.15, -0.1) is 0 Å². The van der Waals surface area contributed by atoms with Crippen LogP contribution in [0, 0.1) is 0 Å². The van der Waals surface area contributed by atoms with E-state index >= 15 is 0 Å². The molecule has 2 nitrogen and oxygen atoms in total. The number of benzene rings is 1. The van der Waals surface area contributed by atoms with Crippen molar-refractivity contribution in [3.05, 3.63) is 28.8 Å². The monoisotopic (exact) mass is 255 g/mol. The van der Waals surface area contributed by atoms with Crippen molar-refractivity contribution in [3.63, 3.8) is 0 Å². The van der Waals surface area contributed by atoms with Gasteiger partial charge in [0.15, 0.2) is 0 Å². The molecule has 0 spiro atoms. The fourth-order valence-electron chi connectivity index (χ4n) is 1.52. The highest BCUT2D eigenvalue weighted by Crippen LogP contribution is 2.27. The number of nitrogens with two attached hydrogens (primary N) is 1. The van der Waals surface area contributed by atoms with Crippen LogP contribution >= 0.6 is 11.6 Å². The standard InChI is InChI=1S/C14H22ClNO/c1-10(2)17-13-6-5-11(9-12(13)15)7-8-14(3,4)16/h5-6,9-10H,7-8,16H2,1-4H3. The van der Waals surface area contributed by atoms with Crippen LogP contribution in [0.4, 0.5) is 0 Å². The topological polar surface area (TPSA) is 35.2 Å². The second kappa shape index (κ2) is 5.74. The van der Waals surface area contributed by atoms with E-state index in [9.17, 15) is 0 Å². The summed E-state index contributed by atoms with van der Waals surface area (Å²) in [6.45, 7) is 8.04. The van der Waals surface area contributed by atoms with E-state index in [1.165, 1.54) is 5.56 Å². The lowest BCUT2D eigenvalue weighted by molar-refractivity contribution is 0.242. The summed E-state index contributed by atoms with van der Waals surface area (Å²) in [7, 11) is 0. The molecule has 96 valence electrons. The summed E-state index contributed by atoms with van der Waals surface area (Å²) in [6.07, 6.45) is 2.01. The van der Waals surface area contributed by atoms with Crippen LogP contribution in [0.3, 0.4) is 0 Å². The van der Waals surface area contributed by atoms with Gasteiger partial charge in [-0.1, -0.05) is 17.7 Å².